The Morgan fingerprint density at radius 3 is 2.78 bits per heavy atom. The molecule has 0 saturated carbocycles. The molecule has 0 radical (unpaired) electrons. The standard InChI is InChI=1S/C18H18N6O3/c25-7-6-24-18(27)14-3-5-23(11-15(14)22-24)17(26)13-9-20-16(21-10-13)12-2-1-4-19-8-12/h1-2,4,8-10,22,25H,3,5-7,11H2. The maximum absolute atomic E-state index is 12.8. The van der Waals surface area contributed by atoms with E-state index in [1.165, 1.54) is 17.1 Å². The monoisotopic (exact) mass is 366 g/mol. The number of hydrogen-bond donors (Lipinski definition) is 2. The van der Waals surface area contributed by atoms with Crippen LogP contribution in [0.25, 0.3) is 11.4 Å². The van der Waals surface area contributed by atoms with Crippen molar-refractivity contribution in [2.45, 2.75) is 19.5 Å². The first-order valence-electron chi connectivity index (χ1n) is 8.60. The molecule has 0 atom stereocenters. The quantitative estimate of drug-likeness (QED) is 0.682. The van der Waals surface area contributed by atoms with Crippen LogP contribution in [-0.2, 0) is 19.5 Å². The normalized spacial score (nSPS) is 13.4. The van der Waals surface area contributed by atoms with E-state index in [4.69, 9.17) is 5.11 Å². The van der Waals surface area contributed by atoms with Crippen molar-refractivity contribution in [1.29, 1.82) is 0 Å². The first-order chi connectivity index (χ1) is 13.2. The lowest BCUT2D eigenvalue weighted by Gasteiger charge is -2.26. The molecule has 1 aliphatic rings. The van der Waals surface area contributed by atoms with Crippen molar-refractivity contribution in [3.05, 3.63) is 64.1 Å². The van der Waals surface area contributed by atoms with E-state index < -0.39 is 0 Å². The molecule has 138 valence electrons. The average molecular weight is 366 g/mol. The number of aliphatic hydroxyl groups is 1. The molecule has 9 heteroatoms. The minimum Gasteiger partial charge on any atom is -0.394 e. The molecular formula is C18H18N6O3. The summed E-state index contributed by atoms with van der Waals surface area (Å²) >= 11 is 0. The lowest BCUT2D eigenvalue weighted by molar-refractivity contribution is 0.0731. The van der Waals surface area contributed by atoms with E-state index in [9.17, 15) is 9.59 Å². The molecule has 4 heterocycles. The summed E-state index contributed by atoms with van der Waals surface area (Å²) in [6.07, 6.45) is 6.82. The highest BCUT2D eigenvalue weighted by molar-refractivity contribution is 5.93. The molecule has 0 fully saturated rings. The number of amides is 1. The number of aliphatic hydroxyl groups excluding tert-OH is 1. The number of aromatic amines is 1. The Hall–Kier alpha value is -3.33. The van der Waals surface area contributed by atoms with Crippen molar-refractivity contribution < 1.29 is 9.90 Å². The van der Waals surface area contributed by atoms with E-state index in [-0.39, 0.29) is 24.6 Å². The fourth-order valence-electron chi connectivity index (χ4n) is 3.17. The summed E-state index contributed by atoms with van der Waals surface area (Å²) in [7, 11) is 0. The molecule has 0 saturated heterocycles. The van der Waals surface area contributed by atoms with Gasteiger partial charge in [-0.05, 0) is 18.6 Å². The number of fused-ring (bicyclic) bond motifs is 1. The zero-order chi connectivity index (χ0) is 18.8. The lowest BCUT2D eigenvalue weighted by Crippen LogP contribution is -2.37. The summed E-state index contributed by atoms with van der Waals surface area (Å²) in [6, 6.07) is 3.65. The van der Waals surface area contributed by atoms with Gasteiger partial charge in [-0.25, -0.2) is 9.97 Å². The van der Waals surface area contributed by atoms with Gasteiger partial charge in [0.05, 0.1) is 31.0 Å². The van der Waals surface area contributed by atoms with Gasteiger partial charge in [-0.1, -0.05) is 0 Å². The highest BCUT2D eigenvalue weighted by atomic mass is 16.3. The summed E-state index contributed by atoms with van der Waals surface area (Å²) in [5, 5.41) is 12.0. The van der Waals surface area contributed by atoms with Gasteiger partial charge in [-0.2, -0.15) is 0 Å². The molecule has 1 aliphatic heterocycles. The number of rotatable bonds is 4. The minimum absolute atomic E-state index is 0.122. The van der Waals surface area contributed by atoms with Crippen molar-refractivity contribution in [3.63, 3.8) is 0 Å². The molecular weight excluding hydrogens is 348 g/mol. The van der Waals surface area contributed by atoms with Gasteiger partial charge in [0, 0.05) is 42.5 Å². The predicted molar refractivity (Wildman–Crippen MR) is 95.8 cm³/mol. The maximum atomic E-state index is 12.8. The third-order valence-electron chi connectivity index (χ3n) is 4.55. The van der Waals surface area contributed by atoms with Crippen LogP contribution in [-0.4, -0.2) is 53.8 Å². The number of nitrogens with zero attached hydrogens (tertiary/aromatic N) is 5. The number of H-pyrrole nitrogens is 1. The van der Waals surface area contributed by atoms with Gasteiger partial charge in [0.25, 0.3) is 11.5 Å². The van der Waals surface area contributed by atoms with Gasteiger partial charge in [-0.3, -0.25) is 24.4 Å². The van der Waals surface area contributed by atoms with Crippen LogP contribution in [0.5, 0.6) is 0 Å². The van der Waals surface area contributed by atoms with Crippen LogP contribution >= 0.6 is 0 Å². The largest absolute Gasteiger partial charge is 0.394 e. The van der Waals surface area contributed by atoms with Gasteiger partial charge in [-0.15, -0.1) is 0 Å². The van der Waals surface area contributed by atoms with Crippen LogP contribution in [0.3, 0.4) is 0 Å². The fraction of sp³-hybridized carbons (Fsp3) is 0.278. The average Bonchev–Trinajstić information content (AvgIpc) is 3.03. The summed E-state index contributed by atoms with van der Waals surface area (Å²) in [6.45, 7) is 0.848. The Balaban J connectivity index is 1.52. The first kappa shape index (κ1) is 17.1. The maximum Gasteiger partial charge on any atom is 0.270 e. The van der Waals surface area contributed by atoms with E-state index in [2.05, 4.69) is 20.1 Å². The highest BCUT2D eigenvalue weighted by Gasteiger charge is 2.26. The molecule has 4 rings (SSSR count). The number of carbonyl (C=O) groups is 1. The number of aromatic nitrogens is 5. The molecule has 0 unspecified atom stereocenters. The molecule has 0 spiro atoms. The molecule has 0 bridgehead atoms. The Morgan fingerprint density at radius 2 is 2.07 bits per heavy atom. The van der Waals surface area contributed by atoms with E-state index in [1.807, 2.05) is 6.07 Å². The van der Waals surface area contributed by atoms with Crippen LogP contribution in [0.15, 0.2) is 41.7 Å². The smallest absolute Gasteiger partial charge is 0.270 e. The van der Waals surface area contributed by atoms with E-state index in [1.54, 1.807) is 23.4 Å². The Bertz CT molecular complexity index is 1010. The van der Waals surface area contributed by atoms with Gasteiger partial charge >= 0.3 is 0 Å². The van der Waals surface area contributed by atoms with Gasteiger partial charge in [0.15, 0.2) is 5.82 Å². The molecule has 0 aromatic carbocycles. The van der Waals surface area contributed by atoms with Gasteiger partial charge in [0.1, 0.15) is 0 Å². The third kappa shape index (κ3) is 3.24. The van der Waals surface area contributed by atoms with E-state index in [0.29, 0.717) is 42.2 Å². The predicted octanol–water partition coefficient (Wildman–Crippen LogP) is 0.219. The molecule has 9 nitrogen and oxygen atoms in total. The van der Waals surface area contributed by atoms with Crippen molar-refractivity contribution in [1.82, 2.24) is 29.6 Å². The number of hydrogen-bond acceptors (Lipinski definition) is 6. The van der Waals surface area contributed by atoms with Crippen LogP contribution in [0, 0.1) is 0 Å². The highest BCUT2D eigenvalue weighted by Crippen LogP contribution is 2.18. The summed E-state index contributed by atoms with van der Waals surface area (Å²) in [5.41, 5.74) is 2.43. The summed E-state index contributed by atoms with van der Waals surface area (Å²) in [5.74, 6) is 0.320. The van der Waals surface area contributed by atoms with Crippen LogP contribution in [0.4, 0.5) is 0 Å². The molecule has 0 aliphatic carbocycles. The Morgan fingerprint density at radius 1 is 1.26 bits per heavy atom. The SMILES string of the molecule is O=C(c1cnc(-c2cccnc2)nc1)N1CCc2c([nH]n(CCO)c2=O)C1. The van der Waals surface area contributed by atoms with Crippen molar-refractivity contribution >= 4 is 5.91 Å². The van der Waals surface area contributed by atoms with Crippen molar-refractivity contribution in [2.24, 2.45) is 0 Å². The molecule has 27 heavy (non-hydrogen) atoms. The van der Waals surface area contributed by atoms with E-state index in [0.717, 1.165) is 5.56 Å². The third-order valence-corrected chi connectivity index (χ3v) is 4.55. The zero-order valence-corrected chi connectivity index (χ0v) is 14.5. The fourth-order valence-corrected chi connectivity index (χ4v) is 3.17. The molecule has 1 amide bonds. The van der Waals surface area contributed by atoms with Gasteiger partial charge in [0.2, 0.25) is 0 Å². The Kier molecular flexibility index (Phi) is 4.51. The number of pyridine rings is 1. The number of nitrogens with one attached hydrogen (secondary N) is 1. The molecule has 3 aromatic rings. The summed E-state index contributed by atoms with van der Waals surface area (Å²) in [4.78, 5) is 39.2. The Labute approximate surface area is 154 Å². The first-order valence-corrected chi connectivity index (χ1v) is 8.60. The second kappa shape index (κ2) is 7.12. The second-order valence-corrected chi connectivity index (χ2v) is 6.26. The van der Waals surface area contributed by atoms with Crippen LogP contribution in [0.1, 0.15) is 21.6 Å². The summed E-state index contributed by atoms with van der Waals surface area (Å²) < 4.78 is 1.38. The molecule has 2 N–H and O–H groups in total. The van der Waals surface area contributed by atoms with Crippen molar-refractivity contribution in [2.75, 3.05) is 13.2 Å². The zero-order valence-electron chi connectivity index (χ0n) is 14.5. The van der Waals surface area contributed by atoms with Crippen LogP contribution < -0.4 is 5.56 Å². The van der Waals surface area contributed by atoms with Crippen LogP contribution in [0.2, 0.25) is 0 Å². The topological polar surface area (TPSA) is 117 Å². The number of carbonyl (C=O) groups excluding carboxylic acids is 1. The molecule has 3 aromatic heterocycles. The van der Waals surface area contributed by atoms with Crippen molar-refractivity contribution in [3.8, 4) is 11.4 Å². The van der Waals surface area contributed by atoms with Gasteiger partial charge < -0.3 is 10.0 Å². The minimum atomic E-state index is -0.186. The van der Waals surface area contributed by atoms with E-state index >= 15 is 0 Å². The second-order valence-electron chi connectivity index (χ2n) is 6.26. The lowest BCUT2D eigenvalue weighted by atomic mass is 10.1.